The summed E-state index contributed by atoms with van der Waals surface area (Å²) < 4.78 is 0. The summed E-state index contributed by atoms with van der Waals surface area (Å²) in [6.45, 7) is 4.57. The average Bonchev–Trinajstić information content (AvgIpc) is 2.96. The van der Waals surface area contributed by atoms with Gasteiger partial charge in [-0.25, -0.2) is 0 Å². The lowest BCUT2D eigenvalue weighted by atomic mass is 10.0. The van der Waals surface area contributed by atoms with Crippen LogP contribution in [0.4, 0.5) is 0 Å². The van der Waals surface area contributed by atoms with E-state index in [1.165, 1.54) is 180 Å². The second kappa shape index (κ2) is 34.5. The Balaban J connectivity index is 3.27. The maximum Gasteiger partial charge on any atom is 0.198 e. The standard InChI is InChI=1S/C38H74O2/c1-3-5-7-9-11-13-15-17-19-21-23-25-27-29-31-33-35-37(39)38(40)36-34-32-30-28-26-24-22-20-18-16-14-12-10-8-6-4-2/h3-36H2,1-2H3. The third-order valence-electron chi connectivity index (χ3n) is 8.83. The zero-order chi connectivity index (χ0) is 29.2. The maximum atomic E-state index is 12.1. The first-order valence-corrected chi connectivity index (χ1v) is 18.8. The van der Waals surface area contributed by atoms with E-state index in [0.717, 1.165) is 25.7 Å². The first kappa shape index (κ1) is 39.3. The monoisotopic (exact) mass is 563 g/mol. The van der Waals surface area contributed by atoms with Crippen LogP contribution < -0.4 is 0 Å². The summed E-state index contributed by atoms with van der Waals surface area (Å²) in [7, 11) is 0. The maximum absolute atomic E-state index is 12.1. The van der Waals surface area contributed by atoms with E-state index in [0.29, 0.717) is 12.8 Å². The van der Waals surface area contributed by atoms with Crippen LogP contribution in [0.2, 0.25) is 0 Å². The van der Waals surface area contributed by atoms with Crippen LogP contribution in [0, 0.1) is 0 Å². The molecule has 2 heteroatoms. The van der Waals surface area contributed by atoms with Crippen LogP contribution >= 0.6 is 0 Å². The fourth-order valence-corrected chi connectivity index (χ4v) is 5.95. The lowest BCUT2D eigenvalue weighted by Crippen LogP contribution is -2.13. The second-order valence-corrected chi connectivity index (χ2v) is 13.0. The van der Waals surface area contributed by atoms with E-state index < -0.39 is 0 Å². The SMILES string of the molecule is CCCCCCCCCCCCCCCCCCC(=O)C(=O)CCCCCCCCCCCCCCCCCC. The predicted molar refractivity (Wildman–Crippen MR) is 178 cm³/mol. The van der Waals surface area contributed by atoms with Gasteiger partial charge in [-0.3, -0.25) is 9.59 Å². The predicted octanol–water partition coefficient (Wildman–Crippen LogP) is 13.4. The molecule has 2 nitrogen and oxygen atoms in total. The molecule has 0 heterocycles. The fourth-order valence-electron chi connectivity index (χ4n) is 5.95. The van der Waals surface area contributed by atoms with Crippen molar-refractivity contribution in [3.63, 3.8) is 0 Å². The molecule has 0 amide bonds. The van der Waals surface area contributed by atoms with E-state index in [4.69, 9.17) is 0 Å². The zero-order valence-electron chi connectivity index (χ0n) is 27.9. The number of ketones is 2. The third-order valence-corrected chi connectivity index (χ3v) is 8.83. The Hall–Kier alpha value is -0.660. The molecule has 0 unspecified atom stereocenters. The number of carbonyl (C=O) groups is 2. The number of rotatable bonds is 35. The number of unbranched alkanes of at least 4 members (excludes halogenated alkanes) is 30. The smallest absolute Gasteiger partial charge is 0.198 e. The number of hydrogen-bond donors (Lipinski definition) is 0. The van der Waals surface area contributed by atoms with Gasteiger partial charge in [-0.2, -0.15) is 0 Å². The van der Waals surface area contributed by atoms with Crippen molar-refractivity contribution in [3.05, 3.63) is 0 Å². The van der Waals surface area contributed by atoms with Crippen LogP contribution in [0.3, 0.4) is 0 Å². The lowest BCUT2D eigenvalue weighted by Gasteiger charge is -2.04. The molecule has 0 aliphatic heterocycles. The first-order chi connectivity index (χ1) is 19.7. The van der Waals surface area contributed by atoms with Gasteiger partial charge in [0.25, 0.3) is 0 Å². The topological polar surface area (TPSA) is 34.1 Å². The summed E-state index contributed by atoms with van der Waals surface area (Å²) in [4.78, 5) is 24.3. The van der Waals surface area contributed by atoms with Gasteiger partial charge in [-0.05, 0) is 12.8 Å². The molecule has 0 aromatic carbocycles. The van der Waals surface area contributed by atoms with Crippen molar-refractivity contribution in [2.24, 2.45) is 0 Å². The average molecular weight is 563 g/mol. The van der Waals surface area contributed by atoms with E-state index >= 15 is 0 Å². The van der Waals surface area contributed by atoms with Crippen LogP contribution in [0.5, 0.6) is 0 Å². The van der Waals surface area contributed by atoms with Crippen LogP contribution in [0.25, 0.3) is 0 Å². The summed E-state index contributed by atoms with van der Waals surface area (Å²) >= 11 is 0. The minimum atomic E-state index is -0.105. The molecule has 0 rings (SSSR count). The van der Waals surface area contributed by atoms with Gasteiger partial charge in [0.15, 0.2) is 11.6 Å². The Kier molecular flexibility index (Phi) is 34.0. The minimum Gasteiger partial charge on any atom is -0.291 e. The largest absolute Gasteiger partial charge is 0.291 e. The van der Waals surface area contributed by atoms with E-state index in [9.17, 15) is 9.59 Å². The van der Waals surface area contributed by atoms with E-state index in [-0.39, 0.29) is 11.6 Å². The van der Waals surface area contributed by atoms with Gasteiger partial charge in [-0.1, -0.05) is 206 Å². The van der Waals surface area contributed by atoms with Gasteiger partial charge in [0.1, 0.15) is 0 Å². The molecule has 0 radical (unpaired) electrons. The summed E-state index contributed by atoms with van der Waals surface area (Å²) in [6, 6.07) is 0. The van der Waals surface area contributed by atoms with Crippen LogP contribution in [-0.2, 0) is 9.59 Å². The van der Waals surface area contributed by atoms with Crippen molar-refractivity contribution >= 4 is 11.6 Å². The molecule has 0 bridgehead atoms. The van der Waals surface area contributed by atoms with Crippen molar-refractivity contribution in [1.29, 1.82) is 0 Å². The van der Waals surface area contributed by atoms with Crippen LogP contribution in [0.1, 0.15) is 232 Å². The number of Topliss-reactive ketones (excluding diaryl/α,β-unsaturated/α-hetero) is 2. The molecule has 0 atom stereocenters. The van der Waals surface area contributed by atoms with Crippen molar-refractivity contribution in [2.75, 3.05) is 0 Å². The minimum absolute atomic E-state index is 0.105. The lowest BCUT2D eigenvalue weighted by molar-refractivity contribution is -0.136. The molecule has 40 heavy (non-hydrogen) atoms. The van der Waals surface area contributed by atoms with Gasteiger partial charge < -0.3 is 0 Å². The van der Waals surface area contributed by atoms with E-state index in [1.54, 1.807) is 0 Å². The summed E-state index contributed by atoms with van der Waals surface area (Å²) in [5, 5.41) is 0. The Morgan fingerprint density at radius 2 is 0.400 bits per heavy atom. The number of hydrogen-bond acceptors (Lipinski definition) is 2. The summed E-state index contributed by atoms with van der Waals surface area (Å²) in [5.41, 5.74) is 0. The van der Waals surface area contributed by atoms with E-state index in [1.807, 2.05) is 0 Å². The van der Waals surface area contributed by atoms with Crippen molar-refractivity contribution in [1.82, 2.24) is 0 Å². The fraction of sp³-hybridized carbons (Fsp3) is 0.947. The van der Waals surface area contributed by atoms with Crippen molar-refractivity contribution in [3.8, 4) is 0 Å². The molecule has 0 N–H and O–H groups in total. The Morgan fingerprint density at radius 3 is 0.575 bits per heavy atom. The molecule has 0 spiro atoms. The van der Waals surface area contributed by atoms with Crippen LogP contribution in [-0.4, -0.2) is 11.6 Å². The van der Waals surface area contributed by atoms with Gasteiger partial charge >= 0.3 is 0 Å². The zero-order valence-corrected chi connectivity index (χ0v) is 27.9. The molecule has 0 aromatic rings. The van der Waals surface area contributed by atoms with Gasteiger partial charge in [0, 0.05) is 12.8 Å². The third kappa shape index (κ3) is 31.9. The molecule has 0 saturated heterocycles. The molecule has 0 aromatic heterocycles. The Labute approximate surface area is 253 Å². The highest BCUT2D eigenvalue weighted by molar-refractivity contribution is 6.37. The second-order valence-electron chi connectivity index (χ2n) is 13.0. The molecule has 0 fully saturated rings. The molecule has 0 saturated carbocycles. The van der Waals surface area contributed by atoms with Gasteiger partial charge in [-0.15, -0.1) is 0 Å². The quantitative estimate of drug-likeness (QED) is 0.0568. The van der Waals surface area contributed by atoms with Crippen LogP contribution in [0.15, 0.2) is 0 Å². The highest BCUT2D eigenvalue weighted by atomic mass is 16.2. The first-order valence-electron chi connectivity index (χ1n) is 18.8. The van der Waals surface area contributed by atoms with Gasteiger partial charge in [0.2, 0.25) is 0 Å². The summed E-state index contributed by atoms with van der Waals surface area (Å²) in [5.74, 6) is -0.211. The Bertz CT molecular complexity index is 466. The Morgan fingerprint density at radius 1 is 0.250 bits per heavy atom. The molecule has 0 aliphatic rings. The molecular formula is C38H74O2. The van der Waals surface area contributed by atoms with Gasteiger partial charge in [0.05, 0.1) is 0 Å². The molecule has 238 valence electrons. The van der Waals surface area contributed by atoms with Crippen molar-refractivity contribution < 1.29 is 9.59 Å². The summed E-state index contributed by atoms with van der Waals surface area (Å²) in [6.07, 6.45) is 43.7. The molecule has 0 aliphatic carbocycles. The van der Waals surface area contributed by atoms with Crippen molar-refractivity contribution in [2.45, 2.75) is 232 Å². The highest BCUT2D eigenvalue weighted by Crippen LogP contribution is 2.16. The molecular weight excluding hydrogens is 488 g/mol. The normalized spacial score (nSPS) is 11.3. The highest BCUT2D eigenvalue weighted by Gasteiger charge is 2.12. The number of carbonyl (C=O) groups excluding carboxylic acids is 2. The van der Waals surface area contributed by atoms with E-state index in [2.05, 4.69) is 13.8 Å².